The van der Waals surface area contributed by atoms with Crippen LogP contribution in [0.4, 0.5) is 0 Å². The molecule has 3 heterocycles. The van der Waals surface area contributed by atoms with Crippen molar-refractivity contribution < 1.29 is 8.94 Å². The summed E-state index contributed by atoms with van der Waals surface area (Å²) in [4.78, 5) is 13.3. The van der Waals surface area contributed by atoms with Gasteiger partial charge in [-0.2, -0.15) is 4.98 Å². The number of hydrogen-bond donors (Lipinski definition) is 0. The number of likely N-dealkylation sites (N-methyl/N-ethyl adjacent to an activating group) is 1. The smallest absolute Gasteiger partial charge is 0.223 e. The van der Waals surface area contributed by atoms with E-state index < -0.39 is 0 Å². The van der Waals surface area contributed by atoms with Crippen LogP contribution in [0.1, 0.15) is 36.7 Å². The van der Waals surface area contributed by atoms with Crippen LogP contribution in [0.5, 0.6) is 0 Å². The molecule has 1 saturated heterocycles. The molecule has 0 aromatic carbocycles. The molecule has 0 N–H and O–H groups in total. The van der Waals surface area contributed by atoms with Crippen molar-refractivity contribution in [2.24, 2.45) is 0 Å². The van der Waals surface area contributed by atoms with Crippen molar-refractivity contribution in [3.05, 3.63) is 29.6 Å². The van der Waals surface area contributed by atoms with Crippen molar-refractivity contribution in [3.63, 3.8) is 0 Å². The van der Waals surface area contributed by atoms with Crippen LogP contribution in [0, 0.1) is 6.92 Å². The van der Waals surface area contributed by atoms with Crippen LogP contribution in [0.15, 0.2) is 15.1 Å². The van der Waals surface area contributed by atoms with Gasteiger partial charge in [-0.3, -0.25) is 9.80 Å². The third-order valence-corrected chi connectivity index (χ3v) is 4.14. The van der Waals surface area contributed by atoms with E-state index in [2.05, 4.69) is 38.9 Å². The van der Waals surface area contributed by atoms with Gasteiger partial charge >= 0.3 is 0 Å². The summed E-state index contributed by atoms with van der Waals surface area (Å²) < 4.78 is 10.7. The fourth-order valence-corrected chi connectivity index (χ4v) is 2.85. The van der Waals surface area contributed by atoms with Crippen LogP contribution in [0.3, 0.4) is 0 Å². The topological polar surface area (TPSA) is 71.4 Å². The van der Waals surface area contributed by atoms with E-state index in [0.29, 0.717) is 11.9 Å². The second-order valence-electron chi connectivity index (χ2n) is 5.90. The Kier molecular flexibility index (Phi) is 4.54. The molecular weight excluding hydrogens is 282 g/mol. The highest BCUT2D eigenvalue weighted by atomic mass is 16.5. The molecule has 1 aliphatic heterocycles. The third kappa shape index (κ3) is 3.53. The Morgan fingerprint density at radius 3 is 3.00 bits per heavy atom. The minimum Gasteiger partial charge on any atom is -0.444 e. The summed E-state index contributed by atoms with van der Waals surface area (Å²) >= 11 is 0. The maximum atomic E-state index is 5.69. The fourth-order valence-electron chi connectivity index (χ4n) is 2.85. The molecule has 0 saturated carbocycles. The van der Waals surface area contributed by atoms with Crippen LogP contribution in [0.2, 0.25) is 0 Å². The van der Waals surface area contributed by atoms with Crippen LogP contribution in [0.25, 0.3) is 0 Å². The van der Waals surface area contributed by atoms with Crippen molar-refractivity contribution in [3.8, 4) is 0 Å². The van der Waals surface area contributed by atoms with Crippen LogP contribution in [-0.2, 0) is 19.5 Å². The molecule has 0 amide bonds. The van der Waals surface area contributed by atoms with Gasteiger partial charge in [0.15, 0.2) is 5.82 Å². The molecule has 22 heavy (non-hydrogen) atoms. The van der Waals surface area contributed by atoms with Gasteiger partial charge in [-0.15, -0.1) is 0 Å². The molecule has 0 bridgehead atoms. The van der Waals surface area contributed by atoms with Gasteiger partial charge in [0.1, 0.15) is 5.76 Å². The standard InChI is InChI=1S/C15H23N5O2/c1-4-13-7-16-15(21-13)10-20-6-5-12(8-20)19(3)9-14-17-11(2)22-18-14/h7,12H,4-6,8-10H2,1-3H3/t12-/m1/s1. The van der Waals surface area contributed by atoms with E-state index in [1.807, 2.05) is 13.1 Å². The van der Waals surface area contributed by atoms with Crippen molar-refractivity contribution in [1.82, 2.24) is 24.9 Å². The second-order valence-corrected chi connectivity index (χ2v) is 5.90. The van der Waals surface area contributed by atoms with Crippen LogP contribution >= 0.6 is 0 Å². The number of aromatic nitrogens is 3. The van der Waals surface area contributed by atoms with Crippen molar-refractivity contribution in [1.29, 1.82) is 0 Å². The predicted octanol–water partition coefficient (Wildman–Crippen LogP) is 1.63. The van der Waals surface area contributed by atoms with E-state index in [-0.39, 0.29) is 0 Å². The van der Waals surface area contributed by atoms with E-state index in [1.165, 1.54) is 0 Å². The first kappa shape index (κ1) is 15.2. The number of rotatable bonds is 6. The first-order valence-electron chi connectivity index (χ1n) is 7.79. The Morgan fingerprint density at radius 2 is 2.32 bits per heavy atom. The van der Waals surface area contributed by atoms with Gasteiger partial charge < -0.3 is 8.94 Å². The van der Waals surface area contributed by atoms with Crippen LogP contribution in [-0.4, -0.2) is 51.1 Å². The Morgan fingerprint density at radius 1 is 1.45 bits per heavy atom. The second kappa shape index (κ2) is 6.58. The summed E-state index contributed by atoms with van der Waals surface area (Å²) in [5.74, 6) is 3.13. The molecule has 0 unspecified atom stereocenters. The zero-order valence-electron chi connectivity index (χ0n) is 13.4. The highest BCUT2D eigenvalue weighted by Crippen LogP contribution is 2.18. The van der Waals surface area contributed by atoms with E-state index in [4.69, 9.17) is 8.94 Å². The quantitative estimate of drug-likeness (QED) is 0.803. The largest absolute Gasteiger partial charge is 0.444 e. The normalized spacial score (nSPS) is 19.4. The number of aryl methyl sites for hydroxylation is 2. The molecule has 7 nitrogen and oxygen atoms in total. The summed E-state index contributed by atoms with van der Waals surface area (Å²) in [5, 5.41) is 3.96. The monoisotopic (exact) mass is 305 g/mol. The molecule has 3 rings (SSSR count). The number of oxazole rings is 1. The Hall–Kier alpha value is -1.73. The summed E-state index contributed by atoms with van der Waals surface area (Å²) in [7, 11) is 2.11. The van der Waals surface area contributed by atoms with Gasteiger partial charge in [0.25, 0.3) is 0 Å². The number of nitrogens with zero attached hydrogens (tertiary/aromatic N) is 5. The van der Waals surface area contributed by atoms with Gasteiger partial charge in [0.2, 0.25) is 11.8 Å². The van der Waals surface area contributed by atoms with E-state index in [1.54, 1.807) is 0 Å². The Balaban J connectivity index is 1.50. The summed E-state index contributed by atoms with van der Waals surface area (Å²) in [6.07, 6.45) is 3.85. The maximum absolute atomic E-state index is 5.69. The summed E-state index contributed by atoms with van der Waals surface area (Å²) in [6.45, 7) is 7.46. The van der Waals surface area contributed by atoms with E-state index in [9.17, 15) is 0 Å². The molecule has 7 heteroatoms. The molecule has 120 valence electrons. The van der Waals surface area contributed by atoms with Gasteiger partial charge in [-0.05, 0) is 13.5 Å². The fraction of sp³-hybridized carbons (Fsp3) is 0.667. The molecule has 1 aliphatic rings. The average Bonchev–Trinajstić information content (AvgIpc) is 3.21. The van der Waals surface area contributed by atoms with Crippen molar-refractivity contribution in [2.45, 2.75) is 45.8 Å². The third-order valence-electron chi connectivity index (χ3n) is 4.14. The number of hydrogen-bond acceptors (Lipinski definition) is 7. The highest BCUT2D eigenvalue weighted by Gasteiger charge is 2.27. The minimum absolute atomic E-state index is 0.499. The van der Waals surface area contributed by atoms with E-state index >= 15 is 0 Å². The molecule has 1 atom stereocenters. The SMILES string of the molecule is CCc1cnc(CN2CC[C@@H](N(C)Cc3noc(C)n3)C2)o1. The molecule has 2 aromatic rings. The first-order chi connectivity index (χ1) is 10.6. The summed E-state index contributed by atoms with van der Waals surface area (Å²) in [6, 6.07) is 0.499. The van der Waals surface area contributed by atoms with Gasteiger partial charge in [0.05, 0.1) is 19.3 Å². The highest BCUT2D eigenvalue weighted by molar-refractivity contribution is 4.95. The number of likely N-dealkylation sites (tertiary alicyclic amines) is 1. The lowest BCUT2D eigenvalue weighted by Gasteiger charge is -2.22. The molecule has 0 spiro atoms. The zero-order valence-corrected chi connectivity index (χ0v) is 13.4. The minimum atomic E-state index is 0.499. The molecule has 0 aliphatic carbocycles. The van der Waals surface area contributed by atoms with E-state index in [0.717, 1.165) is 56.5 Å². The van der Waals surface area contributed by atoms with Gasteiger partial charge in [-0.1, -0.05) is 12.1 Å². The molecule has 1 fully saturated rings. The van der Waals surface area contributed by atoms with Gasteiger partial charge in [0, 0.05) is 32.5 Å². The molecule has 0 radical (unpaired) electrons. The van der Waals surface area contributed by atoms with Gasteiger partial charge in [-0.25, -0.2) is 4.98 Å². The van der Waals surface area contributed by atoms with Crippen molar-refractivity contribution in [2.75, 3.05) is 20.1 Å². The lowest BCUT2D eigenvalue weighted by Crippen LogP contribution is -2.34. The first-order valence-corrected chi connectivity index (χ1v) is 7.79. The van der Waals surface area contributed by atoms with Crippen LogP contribution < -0.4 is 0 Å². The average molecular weight is 305 g/mol. The lowest BCUT2D eigenvalue weighted by atomic mass is 10.2. The Labute approximate surface area is 130 Å². The summed E-state index contributed by atoms with van der Waals surface area (Å²) in [5.41, 5.74) is 0. The molecule has 2 aromatic heterocycles. The lowest BCUT2D eigenvalue weighted by molar-refractivity contribution is 0.209. The Bertz CT molecular complexity index is 609. The molecular formula is C15H23N5O2. The maximum Gasteiger partial charge on any atom is 0.223 e. The predicted molar refractivity (Wildman–Crippen MR) is 80.1 cm³/mol. The zero-order chi connectivity index (χ0) is 15.5. The van der Waals surface area contributed by atoms with Crippen molar-refractivity contribution >= 4 is 0 Å².